The van der Waals surface area contributed by atoms with E-state index >= 15 is 0 Å². The summed E-state index contributed by atoms with van der Waals surface area (Å²) in [6.07, 6.45) is 2.08. The fraction of sp³-hybridized carbons (Fsp3) is 0.875. The average Bonchev–Trinajstić information content (AvgIpc) is 3.52. The molecule has 7 fully saturated rings. The van der Waals surface area contributed by atoms with Crippen LogP contribution in [-0.2, 0) is 42.6 Å². The third-order valence-electron chi connectivity index (χ3n) is 12.1. The van der Waals surface area contributed by atoms with Gasteiger partial charge in [0.1, 0.15) is 18.3 Å². The van der Waals surface area contributed by atoms with Gasteiger partial charge in [-0.1, -0.05) is 20.8 Å². The Bertz CT molecular complexity index is 1190. The zero-order chi connectivity index (χ0) is 32.0. The number of ether oxygens (including phenoxy) is 4. The van der Waals surface area contributed by atoms with Crippen molar-refractivity contribution in [1.82, 2.24) is 0 Å². The molecule has 246 valence electrons. The van der Waals surface area contributed by atoms with Gasteiger partial charge in [0.2, 0.25) is 0 Å². The molecule has 8 atom stereocenters. The number of fused-ring (bicyclic) bond motifs is 1. The first-order valence-corrected chi connectivity index (χ1v) is 19.1. The largest absolute Gasteiger partial charge is 0.465 e. The minimum absolute atomic E-state index is 0.0795. The van der Waals surface area contributed by atoms with Crippen molar-refractivity contribution in [3.8, 4) is 0 Å². The summed E-state index contributed by atoms with van der Waals surface area (Å²) in [7, 11) is -1.91. The Morgan fingerprint density at radius 2 is 1.59 bits per heavy atom. The van der Waals surface area contributed by atoms with Gasteiger partial charge in [-0.15, -0.1) is 0 Å². The molecule has 7 aliphatic rings. The van der Waals surface area contributed by atoms with Crippen molar-refractivity contribution >= 4 is 32.2 Å². The number of carbonyl (C=O) groups is 4. The highest BCUT2D eigenvalue weighted by atomic mass is 28.4. The summed E-state index contributed by atoms with van der Waals surface area (Å²) in [5.74, 6) is -8.36. The number of esters is 4. The van der Waals surface area contributed by atoms with Gasteiger partial charge < -0.3 is 23.4 Å². The maximum absolute atomic E-state index is 13.9. The van der Waals surface area contributed by atoms with E-state index in [0.29, 0.717) is 45.6 Å². The van der Waals surface area contributed by atoms with Gasteiger partial charge in [-0.25, -0.2) is 4.79 Å². The predicted octanol–water partition coefficient (Wildman–Crippen LogP) is 5.05. The zero-order valence-corrected chi connectivity index (χ0v) is 27.6. The normalized spacial score (nSPS) is 40.2. The quantitative estimate of drug-likeness (QED) is 0.140. The monoisotopic (exact) mass is 640 g/mol. The van der Waals surface area contributed by atoms with E-state index in [1.165, 1.54) is 0 Å². The van der Waals surface area contributed by atoms with Crippen molar-refractivity contribution in [3.63, 3.8) is 0 Å². The summed E-state index contributed by atoms with van der Waals surface area (Å²) in [5, 5.41) is 0.0795. The van der Waals surface area contributed by atoms with Crippen LogP contribution in [0.3, 0.4) is 0 Å². The summed E-state index contributed by atoms with van der Waals surface area (Å²) in [4.78, 5) is 52.1. The van der Waals surface area contributed by atoms with Gasteiger partial charge in [-0.2, -0.15) is 8.78 Å². The standard InChI is InChI=1S/C32H46F2O9Si/c1-30(2,3)44(5,6)40-9-7-8-39-26(35)21-19-12-20-22(21)27(36)41-24(20)25(19)43-29(38)32-13-16-10-17(14-32)23(18(11-16)15-32)42-28(37)31(4,33)34/h16-25H,7-15H2,1-6H3. The van der Waals surface area contributed by atoms with E-state index in [4.69, 9.17) is 23.4 Å². The van der Waals surface area contributed by atoms with Gasteiger partial charge in [-0.3, -0.25) is 14.4 Å². The van der Waals surface area contributed by atoms with E-state index < -0.39 is 67.7 Å². The highest BCUT2D eigenvalue weighted by molar-refractivity contribution is 6.74. The summed E-state index contributed by atoms with van der Waals surface area (Å²) in [5.41, 5.74) is -0.794. The summed E-state index contributed by atoms with van der Waals surface area (Å²) < 4.78 is 56.2. The van der Waals surface area contributed by atoms with Crippen LogP contribution in [0.25, 0.3) is 0 Å². The Labute approximate surface area is 258 Å². The molecule has 0 amide bonds. The molecule has 1 aliphatic heterocycles. The Kier molecular flexibility index (Phi) is 7.78. The van der Waals surface area contributed by atoms with E-state index in [-0.39, 0.29) is 47.2 Å². The molecule has 0 radical (unpaired) electrons. The minimum Gasteiger partial charge on any atom is -0.465 e. The Balaban J connectivity index is 1.08. The Morgan fingerprint density at radius 1 is 0.932 bits per heavy atom. The van der Waals surface area contributed by atoms with Crippen LogP contribution in [0.4, 0.5) is 8.78 Å². The molecular formula is C32H46F2O9Si. The second kappa shape index (κ2) is 10.7. The highest BCUT2D eigenvalue weighted by Crippen LogP contribution is 2.63. The lowest BCUT2D eigenvalue weighted by Crippen LogP contribution is -2.59. The van der Waals surface area contributed by atoms with Crippen LogP contribution >= 0.6 is 0 Å². The molecule has 7 rings (SSSR count). The minimum atomic E-state index is -3.57. The van der Waals surface area contributed by atoms with E-state index in [0.717, 1.165) is 12.8 Å². The molecule has 0 spiro atoms. The molecule has 6 bridgehead atoms. The molecule has 0 aromatic carbocycles. The molecule has 44 heavy (non-hydrogen) atoms. The van der Waals surface area contributed by atoms with Crippen LogP contribution in [0.5, 0.6) is 0 Å². The number of rotatable bonds is 10. The summed E-state index contributed by atoms with van der Waals surface area (Å²) in [6.45, 7) is 12.0. The van der Waals surface area contributed by atoms with Crippen LogP contribution in [0, 0.1) is 46.8 Å². The Morgan fingerprint density at radius 3 is 2.20 bits per heavy atom. The number of hydrogen-bond acceptors (Lipinski definition) is 9. The molecule has 6 saturated carbocycles. The fourth-order valence-corrected chi connectivity index (χ4v) is 10.3. The Hall–Kier alpha value is -2.08. The van der Waals surface area contributed by atoms with E-state index in [9.17, 15) is 28.0 Å². The number of carbonyl (C=O) groups excluding carboxylic acids is 4. The number of hydrogen-bond donors (Lipinski definition) is 0. The zero-order valence-electron chi connectivity index (χ0n) is 26.6. The highest BCUT2D eigenvalue weighted by Gasteiger charge is 2.71. The van der Waals surface area contributed by atoms with Crippen molar-refractivity contribution in [1.29, 1.82) is 0 Å². The maximum atomic E-state index is 13.9. The van der Waals surface area contributed by atoms with E-state index in [1.54, 1.807) is 0 Å². The molecular weight excluding hydrogens is 594 g/mol. The first-order valence-electron chi connectivity index (χ1n) is 16.2. The van der Waals surface area contributed by atoms with Crippen LogP contribution in [-0.4, -0.2) is 69.6 Å². The first kappa shape index (κ1) is 31.9. The van der Waals surface area contributed by atoms with Gasteiger partial charge in [0, 0.05) is 31.8 Å². The van der Waals surface area contributed by atoms with Crippen LogP contribution in [0.1, 0.15) is 72.6 Å². The maximum Gasteiger partial charge on any atom is 0.376 e. The summed E-state index contributed by atoms with van der Waals surface area (Å²) >= 11 is 0. The molecule has 6 aliphatic carbocycles. The number of alkyl halides is 2. The van der Waals surface area contributed by atoms with Gasteiger partial charge in [0.05, 0.1) is 23.9 Å². The van der Waals surface area contributed by atoms with Crippen LogP contribution in [0.2, 0.25) is 18.1 Å². The van der Waals surface area contributed by atoms with Gasteiger partial charge in [0.15, 0.2) is 8.32 Å². The van der Waals surface area contributed by atoms with Crippen molar-refractivity contribution in [2.45, 2.75) is 115 Å². The van der Waals surface area contributed by atoms with Crippen LogP contribution in [0.15, 0.2) is 0 Å². The molecule has 12 heteroatoms. The predicted molar refractivity (Wildman–Crippen MR) is 154 cm³/mol. The second-order valence-corrected chi connectivity index (χ2v) is 20.8. The molecule has 0 N–H and O–H groups in total. The molecule has 8 unspecified atom stereocenters. The van der Waals surface area contributed by atoms with Crippen molar-refractivity contribution < 1.29 is 51.3 Å². The second-order valence-electron chi connectivity index (χ2n) is 16.0. The topological polar surface area (TPSA) is 114 Å². The van der Waals surface area contributed by atoms with Crippen LogP contribution < -0.4 is 0 Å². The van der Waals surface area contributed by atoms with Gasteiger partial charge in [0.25, 0.3) is 0 Å². The molecule has 0 aromatic heterocycles. The van der Waals surface area contributed by atoms with Gasteiger partial charge in [-0.05, 0) is 74.4 Å². The van der Waals surface area contributed by atoms with Gasteiger partial charge >= 0.3 is 29.8 Å². The SMILES string of the molecule is CC(F)(F)C(=O)OC1C2CC3CC1CC(C(=O)OC1C4CC5C1OC(=O)C5C4C(=O)OCCCO[Si](C)(C)C(C)(C)C)(C3)C2. The lowest BCUT2D eigenvalue weighted by atomic mass is 9.48. The first-order chi connectivity index (χ1) is 20.4. The van der Waals surface area contributed by atoms with Crippen molar-refractivity contribution in [3.05, 3.63) is 0 Å². The fourth-order valence-electron chi connectivity index (χ4n) is 9.24. The molecule has 0 aromatic rings. The van der Waals surface area contributed by atoms with E-state index in [2.05, 4.69) is 33.9 Å². The number of halogens is 2. The lowest BCUT2D eigenvalue weighted by Gasteiger charge is -2.58. The average molecular weight is 641 g/mol. The van der Waals surface area contributed by atoms with Crippen molar-refractivity contribution in [2.24, 2.45) is 46.8 Å². The molecule has 9 nitrogen and oxygen atoms in total. The van der Waals surface area contributed by atoms with E-state index in [1.807, 2.05) is 0 Å². The van der Waals surface area contributed by atoms with Crippen molar-refractivity contribution in [2.75, 3.05) is 13.2 Å². The third kappa shape index (κ3) is 5.29. The molecule has 1 heterocycles. The molecule has 1 saturated heterocycles. The summed E-state index contributed by atoms with van der Waals surface area (Å²) in [6, 6.07) is 0. The lowest BCUT2D eigenvalue weighted by molar-refractivity contribution is -0.212. The third-order valence-corrected chi connectivity index (χ3v) is 16.6. The smallest absolute Gasteiger partial charge is 0.376 e.